The Morgan fingerprint density at radius 2 is 1.92 bits per heavy atom. The summed E-state index contributed by atoms with van der Waals surface area (Å²) in [5.41, 5.74) is 2.29. The van der Waals surface area contributed by atoms with Crippen molar-refractivity contribution in [1.82, 2.24) is 19.6 Å². The molecule has 2 amide bonds. The molecule has 1 aromatic carbocycles. The smallest absolute Gasteiger partial charge is 0.327 e. The molecule has 26 heavy (non-hydrogen) atoms. The van der Waals surface area contributed by atoms with Crippen LogP contribution in [0.2, 0.25) is 0 Å². The molecular weight excluding hydrogens is 326 g/mol. The molecule has 0 N–H and O–H groups in total. The largest absolute Gasteiger partial charge is 0.337 e. The van der Waals surface area contributed by atoms with Crippen molar-refractivity contribution in [2.75, 3.05) is 27.2 Å². The first kappa shape index (κ1) is 16.7. The predicted molar refractivity (Wildman–Crippen MR) is 102 cm³/mol. The van der Waals surface area contributed by atoms with Crippen LogP contribution in [0, 0.1) is 0 Å². The summed E-state index contributed by atoms with van der Waals surface area (Å²) >= 11 is 0. The molecule has 1 atom stereocenters. The van der Waals surface area contributed by atoms with Crippen LogP contribution in [0.4, 0.5) is 4.79 Å². The van der Waals surface area contributed by atoms with Crippen LogP contribution in [0.25, 0.3) is 0 Å². The first-order chi connectivity index (χ1) is 12.5. The molecule has 1 aromatic rings. The van der Waals surface area contributed by atoms with Gasteiger partial charge in [0.05, 0.1) is 11.9 Å². The number of amidine groups is 1. The first-order valence-electron chi connectivity index (χ1n) is 9.08. The summed E-state index contributed by atoms with van der Waals surface area (Å²) in [5.74, 6) is 2.10. The van der Waals surface area contributed by atoms with E-state index in [0.29, 0.717) is 11.7 Å². The maximum atomic E-state index is 13.2. The number of nitrogens with zero attached hydrogens (tertiary/aromatic N) is 5. The molecule has 2 saturated heterocycles. The third-order valence-corrected chi connectivity index (χ3v) is 5.63. The van der Waals surface area contributed by atoms with Gasteiger partial charge in [0.25, 0.3) is 0 Å². The molecular formula is C20H25N5O. The van der Waals surface area contributed by atoms with Crippen molar-refractivity contribution in [2.45, 2.75) is 25.4 Å². The molecule has 3 heterocycles. The van der Waals surface area contributed by atoms with E-state index in [1.807, 2.05) is 36.2 Å². The van der Waals surface area contributed by atoms with Crippen molar-refractivity contribution in [3.05, 3.63) is 60.2 Å². The number of aliphatic imine (C=N–C) groups is 1. The van der Waals surface area contributed by atoms with Gasteiger partial charge in [-0.2, -0.15) is 0 Å². The van der Waals surface area contributed by atoms with Gasteiger partial charge in [-0.05, 0) is 5.56 Å². The molecule has 1 unspecified atom stereocenters. The lowest BCUT2D eigenvalue weighted by Gasteiger charge is -2.43. The third kappa shape index (κ3) is 2.40. The lowest BCUT2D eigenvalue weighted by Crippen LogP contribution is -2.57. The van der Waals surface area contributed by atoms with Gasteiger partial charge in [-0.1, -0.05) is 43.8 Å². The van der Waals surface area contributed by atoms with Gasteiger partial charge < -0.3 is 14.7 Å². The number of fused-ring (bicyclic) bond motifs is 1. The van der Waals surface area contributed by atoms with Crippen molar-refractivity contribution in [3.63, 3.8) is 0 Å². The predicted octanol–water partition coefficient (Wildman–Crippen LogP) is 2.85. The van der Waals surface area contributed by atoms with E-state index >= 15 is 0 Å². The van der Waals surface area contributed by atoms with Gasteiger partial charge in [0.15, 0.2) is 6.17 Å². The zero-order valence-electron chi connectivity index (χ0n) is 15.6. The normalized spacial score (nSPS) is 22.9. The van der Waals surface area contributed by atoms with E-state index in [0.717, 1.165) is 31.0 Å². The van der Waals surface area contributed by atoms with Crippen LogP contribution in [-0.4, -0.2) is 64.8 Å². The highest BCUT2D eigenvalue weighted by molar-refractivity contribution is 5.86. The Kier molecular flexibility index (Phi) is 3.98. The fraction of sp³-hybridized carbons (Fsp3) is 0.400. The number of amides is 2. The number of urea groups is 1. The maximum absolute atomic E-state index is 13.2. The molecule has 4 rings (SSSR count). The molecule has 6 heteroatoms. The van der Waals surface area contributed by atoms with Crippen LogP contribution < -0.4 is 0 Å². The molecule has 0 spiro atoms. The minimum atomic E-state index is -0.164. The van der Waals surface area contributed by atoms with E-state index in [4.69, 9.17) is 0 Å². The Morgan fingerprint density at radius 3 is 2.58 bits per heavy atom. The average molecular weight is 351 g/mol. The van der Waals surface area contributed by atoms with E-state index in [9.17, 15) is 4.79 Å². The highest BCUT2D eigenvalue weighted by atomic mass is 16.2. The third-order valence-electron chi connectivity index (χ3n) is 5.63. The van der Waals surface area contributed by atoms with Gasteiger partial charge in [0.2, 0.25) is 0 Å². The maximum Gasteiger partial charge on any atom is 0.327 e. The SMILES string of the molecule is C=C1N(C)C2=CN=C(CC)N(C)C2N1C(=O)N1CC(c2ccccc2)C1. The monoisotopic (exact) mass is 351 g/mol. The average Bonchev–Trinajstić information content (AvgIpc) is 2.87. The number of rotatable bonds is 2. The summed E-state index contributed by atoms with van der Waals surface area (Å²) in [5, 5.41) is 0. The number of likely N-dealkylation sites (tertiary alicyclic amines) is 1. The van der Waals surface area contributed by atoms with Crippen LogP contribution in [0.15, 0.2) is 59.6 Å². The van der Waals surface area contributed by atoms with Crippen LogP contribution in [0.5, 0.6) is 0 Å². The van der Waals surface area contributed by atoms with Gasteiger partial charge in [-0.3, -0.25) is 4.90 Å². The lowest BCUT2D eigenvalue weighted by atomic mass is 9.92. The molecule has 2 fully saturated rings. The molecule has 0 bridgehead atoms. The van der Waals surface area contributed by atoms with Crippen LogP contribution in [0.1, 0.15) is 24.8 Å². The minimum absolute atomic E-state index is 0.0200. The Morgan fingerprint density at radius 1 is 1.23 bits per heavy atom. The van der Waals surface area contributed by atoms with E-state index in [-0.39, 0.29) is 12.2 Å². The second-order valence-electron chi connectivity index (χ2n) is 7.08. The standard InChI is InChI=1S/C20H25N5O/c1-5-18-21-11-17-19(23(18)4)25(14(2)22(17)3)20(26)24-12-16(13-24)15-9-7-6-8-10-15/h6-11,16,19H,2,5,12-13H2,1,3-4H3. The summed E-state index contributed by atoms with van der Waals surface area (Å²) in [6, 6.07) is 10.4. The number of carbonyl (C=O) groups is 1. The van der Waals surface area contributed by atoms with Gasteiger partial charge in [0.1, 0.15) is 11.7 Å². The number of likely N-dealkylation sites (N-methyl/N-ethyl adjacent to an activating group) is 2. The van der Waals surface area contributed by atoms with Crippen LogP contribution >= 0.6 is 0 Å². The van der Waals surface area contributed by atoms with Crippen molar-refractivity contribution in [3.8, 4) is 0 Å². The summed E-state index contributed by atoms with van der Waals surface area (Å²) < 4.78 is 0. The van der Waals surface area contributed by atoms with Crippen LogP contribution in [-0.2, 0) is 0 Å². The van der Waals surface area contributed by atoms with Crippen molar-refractivity contribution >= 4 is 11.9 Å². The van der Waals surface area contributed by atoms with Gasteiger partial charge in [-0.25, -0.2) is 9.79 Å². The molecule has 3 aliphatic heterocycles. The van der Waals surface area contributed by atoms with E-state index < -0.39 is 0 Å². The van der Waals surface area contributed by atoms with Crippen molar-refractivity contribution < 1.29 is 4.79 Å². The topological polar surface area (TPSA) is 42.4 Å². The fourth-order valence-electron chi connectivity index (χ4n) is 3.93. The number of hydrogen-bond acceptors (Lipinski definition) is 4. The Balaban J connectivity index is 1.52. The highest BCUT2D eigenvalue weighted by Crippen LogP contribution is 2.37. The van der Waals surface area contributed by atoms with E-state index in [1.54, 1.807) is 4.90 Å². The Bertz CT molecular complexity index is 794. The highest BCUT2D eigenvalue weighted by Gasteiger charge is 2.47. The molecule has 136 valence electrons. The second kappa shape index (κ2) is 6.20. The Labute approximate surface area is 154 Å². The fourth-order valence-corrected chi connectivity index (χ4v) is 3.93. The molecule has 0 saturated carbocycles. The van der Waals surface area contributed by atoms with Gasteiger partial charge >= 0.3 is 6.03 Å². The second-order valence-corrected chi connectivity index (χ2v) is 7.08. The lowest BCUT2D eigenvalue weighted by molar-refractivity contribution is 0.104. The molecule has 3 aliphatic rings. The minimum Gasteiger partial charge on any atom is -0.337 e. The van der Waals surface area contributed by atoms with Gasteiger partial charge in [0, 0.05) is 39.5 Å². The number of hydrogen-bond donors (Lipinski definition) is 0. The first-order valence-corrected chi connectivity index (χ1v) is 9.08. The molecule has 0 aromatic heterocycles. The molecule has 0 aliphatic carbocycles. The van der Waals surface area contributed by atoms with E-state index in [2.05, 4.69) is 47.7 Å². The van der Waals surface area contributed by atoms with Crippen LogP contribution in [0.3, 0.4) is 0 Å². The molecule has 6 nitrogen and oxygen atoms in total. The molecule has 0 radical (unpaired) electrons. The van der Waals surface area contributed by atoms with E-state index in [1.165, 1.54) is 5.56 Å². The zero-order chi connectivity index (χ0) is 18.4. The summed E-state index contributed by atoms with van der Waals surface area (Å²) in [6.07, 6.45) is 2.53. The van der Waals surface area contributed by atoms with Crippen molar-refractivity contribution in [1.29, 1.82) is 0 Å². The Hall–Kier alpha value is -2.76. The number of carbonyl (C=O) groups excluding carboxylic acids is 1. The van der Waals surface area contributed by atoms with Crippen molar-refractivity contribution in [2.24, 2.45) is 4.99 Å². The number of benzene rings is 1. The summed E-state index contributed by atoms with van der Waals surface area (Å²) in [4.78, 5) is 25.5. The quantitative estimate of drug-likeness (QED) is 0.823. The van der Waals surface area contributed by atoms with Gasteiger partial charge in [-0.15, -0.1) is 0 Å². The summed E-state index contributed by atoms with van der Waals surface area (Å²) in [7, 11) is 3.94. The summed E-state index contributed by atoms with van der Waals surface area (Å²) in [6.45, 7) is 7.73. The zero-order valence-corrected chi connectivity index (χ0v) is 15.6.